The third-order valence-electron chi connectivity index (χ3n) is 10.1. The lowest BCUT2D eigenvalue weighted by Crippen LogP contribution is -2.82. The monoisotopic (exact) mass is 507 g/mol. The van der Waals surface area contributed by atoms with Gasteiger partial charge in [0.25, 0.3) is 5.15 Å². The van der Waals surface area contributed by atoms with Crippen molar-refractivity contribution in [1.82, 2.24) is 4.90 Å². The van der Waals surface area contributed by atoms with E-state index in [1.165, 1.54) is 55.3 Å². The highest BCUT2D eigenvalue weighted by Gasteiger charge is 2.56. The first-order valence-electron chi connectivity index (χ1n) is 14.5. The Labute approximate surface area is 221 Å². The molecule has 0 radical (unpaired) electrons. The third kappa shape index (κ3) is 4.60. The zero-order valence-corrected chi connectivity index (χ0v) is 22.3. The molecular formula is C31H42ClN3O+2. The van der Waals surface area contributed by atoms with Crippen LogP contribution in [0.1, 0.15) is 86.9 Å². The van der Waals surface area contributed by atoms with Crippen LogP contribution in [-0.2, 0) is 16.6 Å². The fraction of sp³-hybridized carbons (Fsp3) is 0.613. The number of fused-ring (bicyclic) bond motifs is 2. The molecule has 6 rings (SSSR count). The number of benzene rings is 1. The molecule has 36 heavy (non-hydrogen) atoms. The molecule has 4 atom stereocenters. The Morgan fingerprint density at radius 2 is 1.89 bits per heavy atom. The molecule has 1 spiro atoms. The topological polar surface area (TPSA) is 51.1 Å². The number of aromatic amines is 1. The van der Waals surface area contributed by atoms with Crippen molar-refractivity contribution in [2.75, 3.05) is 19.6 Å². The van der Waals surface area contributed by atoms with Crippen LogP contribution in [-0.4, -0.2) is 36.5 Å². The lowest BCUT2D eigenvalue weighted by atomic mass is 9.65. The molecule has 1 saturated carbocycles. The summed E-state index contributed by atoms with van der Waals surface area (Å²) in [5, 5.41) is 3.10. The zero-order chi connectivity index (χ0) is 24.5. The number of hydrogen-bond acceptors (Lipinski definition) is 1. The van der Waals surface area contributed by atoms with Gasteiger partial charge in [-0.2, -0.15) is 4.98 Å². The summed E-state index contributed by atoms with van der Waals surface area (Å²) < 4.78 is 0. The van der Waals surface area contributed by atoms with Gasteiger partial charge < -0.3 is 10.2 Å². The third-order valence-corrected chi connectivity index (χ3v) is 10.3. The van der Waals surface area contributed by atoms with Crippen LogP contribution in [0.2, 0.25) is 5.15 Å². The minimum atomic E-state index is -0.0581. The number of rotatable bonds is 4. The molecular weight excluding hydrogens is 466 g/mol. The molecule has 2 aliphatic carbocycles. The highest BCUT2D eigenvalue weighted by molar-refractivity contribution is 6.28. The fourth-order valence-electron chi connectivity index (χ4n) is 8.28. The van der Waals surface area contributed by atoms with E-state index in [1.807, 2.05) is 6.07 Å². The normalized spacial score (nSPS) is 30.9. The maximum atomic E-state index is 14.5. The second kappa shape index (κ2) is 10.5. The average Bonchev–Trinajstić information content (AvgIpc) is 3.33. The van der Waals surface area contributed by atoms with Crippen LogP contribution >= 0.6 is 11.6 Å². The Hall–Kier alpha value is -1.91. The highest BCUT2D eigenvalue weighted by Crippen LogP contribution is 2.45. The maximum absolute atomic E-state index is 14.5. The van der Waals surface area contributed by atoms with Gasteiger partial charge in [-0.3, -0.25) is 4.79 Å². The van der Waals surface area contributed by atoms with Crippen molar-refractivity contribution >= 4 is 17.5 Å². The van der Waals surface area contributed by atoms with E-state index in [0.29, 0.717) is 23.0 Å². The molecule has 4 nitrogen and oxygen atoms in total. The summed E-state index contributed by atoms with van der Waals surface area (Å²) in [6.45, 7) is 2.83. The summed E-state index contributed by atoms with van der Waals surface area (Å²) in [6.07, 6.45) is 13.5. The van der Waals surface area contributed by atoms with Gasteiger partial charge in [-0.1, -0.05) is 62.4 Å². The van der Waals surface area contributed by atoms with Crippen LogP contribution in [0.15, 0.2) is 42.5 Å². The zero-order valence-electron chi connectivity index (χ0n) is 21.6. The van der Waals surface area contributed by atoms with E-state index >= 15 is 0 Å². The maximum Gasteiger partial charge on any atom is 0.273 e. The molecule has 3 fully saturated rings. The number of carbonyl (C=O) groups excluding carboxylic acids is 1. The predicted octanol–water partition coefficient (Wildman–Crippen LogP) is 4.67. The highest BCUT2D eigenvalue weighted by atomic mass is 35.5. The lowest BCUT2D eigenvalue weighted by Gasteiger charge is -2.44. The molecule has 2 aromatic rings. The van der Waals surface area contributed by atoms with Crippen LogP contribution in [0.5, 0.6) is 0 Å². The molecule has 1 aromatic heterocycles. The van der Waals surface area contributed by atoms with Crippen molar-refractivity contribution in [1.29, 1.82) is 0 Å². The van der Waals surface area contributed by atoms with E-state index in [0.717, 1.165) is 57.7 Å². The second-order valence-corrected chi connectivity index (χ2v) is 12.5. The first-order valence-corrected chi connectivity index (χ1v) is 14.9. The van der Waals surface area contributed by atoms with E-state index in [1.54, 1.807) is 0 Å². The first kappa shape index (κ1) is 24.4. The number of quaternary nitrogens is 1. The summed E-state index contributed by atoms with van der Waals surface area (Å²) >= 11 is 6.33. The molecule has 1 amide bonds. The molecule has 2 aliphatic heterocycles. The molecule has 3 N–H and O–H groups in total. The fourth-order valence-corrected chi connectivity index (χ4v) is 8.45. The number of H-pyrrole nitrogens is 1. The smallest absolute Gasteiger partial charge is 0.273 e. The molecule has 2 saturated heterocycles. The standard InChI is InChI=1S/C31H40ClN3O/c32-29-14-13-26-28(34-29)12-7-16-31(26)21-33-20-27(31)30(36)35-17-15-24(23-10-5-2-6-11-23)19-25(35)18-22-8-3-1-4-9-22/h2,5-6,10-11,13-14,22,24-25,27,33H,1,3-4,7-9,12,15-21H2/p+2/t24?,25?,27-,31-/m0/s1. The number of nitrogens with two attached hydrogens (primary N) is 1. The van der Waals surface area contributed by atoms with Crippen molar-refractivity contribution in [3.63, 3.8) is 0 Å². The van der Waals surface area contributed by atoms with E-state index in [2.05, 4.69) is 51.6 Å². The Bertz CT molecular complexity index is 1070. The van der Waals surface area contributed by atoms with Gasteiger partial charge in [0.05, 0.1) is 18.5 Å². The Balaban J connectivity index is 1.28. The summed E-state index contributed by atoms with van der Waals surface area (Å²) in [4.78, 5) is 20.3. The Kier molecular flexibility index (Phi) is 7.09. The summed E-state index contributed by atoms with van der Waals surface area (Å²) in [6, 6.07) is 15.6. The van der Waals surface area contributed by atoms with Gasteiger partial charge >= 0.3 is 0 Å². The van der Waals surface area contributed by atoms with E-state index < -0.39 is 0 Å². The number of hydrogen-bond donors (Lipinski definition) is 1. The van der Waals surface area contributed by atoms with E-state index in [-0.39, 0.29) is 11.3 Å². The van der Waals surface area contributed by atoms with Gasteiger partial charge in [0.1, 0.15) is 5.92 Å². The van der Waals surface area contributed by atoms with Gasteiger partial charge in [-0.15, -0.1) is 0 Å². The van der Waals surface area contributed by atoms with Crippen molar-refractivity contribution in [3.05, 3.63) is 64.4 Å². The number of piperidine rings is 1. The second-order valence-electron chi connectivity index (χ2n) is 12.0. The quantitative estimate of drug-likeness (QED) is 0.601. The van der Waals surface area contributed by atoms with Gasteiger partial charge in [-0.25, -0.2) is 0 Å². The molecule has 4 aliphatic rings. The molecule has 192 valence electrons. The number of carbonyl (C=O) groups is 1. The minimum absolute atomic E-state index is 0.0581. The van der Waals surface area contributed by atoms with Crippen LogP contribution in [0.4, 0.5) is 0 Å². The number of halogens is 1. The van der Waals surface area contributed by atoms with Crippen molar-refractivity contribution in [3.8, 4) is 0 Å². The predicted molar refractivity (Wildman–Crippen MR) is 143 cm³/mol. The van der Waals surface area contributed by atoms with Crippen LogP contribution in [0.25, 0.3) is 0 Å². The number of aromatic nitrogens is 1. The molecule has 1 aromatic carbocycles. The van der Waals surface area contributed by atoms with Crippen molar-refractivity contribution in [2.24, 2.45) is 11.8 Å². The Morgan fingerprint density at radius 3 is 2.72 bits per heavy atom. The Morgan fingerprint density at radius 1 is 1.06 bits per heavy atom. The largest absolute Gasteiger partial charge is 0.345 e. The lowest BCUT2D eigenvalue weighted by molar-refractivity contribution is -0.640. The molecule has 3 heterocycles. The van der Waals surface area contributed by atoms with Crippen LogP contribution < -0.4 is 10.3 Å². The molecule has 5 heteroatoms. The summed E-state index contributed by atoms with van der Waals surface area (Å²) in [5.41, 5.74) is 4.01. The van der Waals surface area contributed by atoms with Gasteiger partial charge in [0, 0.05) is 30.6 Å². The van der Waals surface area contributed by atoms with Gasteiger partial charge in [-0.05, 0) is 67.2 Å². The van der Waals surface area contributed by atoms with Crippen molar-refractivity contribution < 1.29 is 15.1 Å². The molecule has 0 bridgehead atoms. The van der Waals surface area contributed by atoms with Crippen LogP contribution in [0.3, 0.4) is 0 Å². The van der Waals surface area contributed by atoms with Crippen LogP contribution in [0, 0.1) is 11.8 Å². The van der Waals surface area contributed by atoms with Gasteiger partial charge in [0.15, 0.2) is 5.69 Å². The number of amides is 1. The average molecular weight is 508 g/mol. The van der Waals surface area contributed by atoms with E-state index in [4.69, 9.17) is 11.6 Å². The number of aryl methyl sites for hydroxylation is 1. The summed E-state index contributed by atoms with van der Waals surface area (Å²) in [5.74, 6) is 1.84. The van der Waals surface area contributed by atoms with Crippen molar-refractivity contribution in [2.45, 2.75) is 88.0 Å². The number of nitrogens with one attached hydrogen (secondary N) is 1. The SMILES string of the molecule is O=C([C@@H]1C[NH2+]C[C@]12CCCc1[nH+]c(Cl)ccc12)N1CCC(c2ccccc2)CC1CC1CCCCC1. The molecule has 2 unspecified atom stereocenters. The number of nitrogens with zero attached hydrogens (tertiary/aromatic N) is 1. The van der Waals surface area contributed by atoms with E-state index in [9.17, 15) is 4.79 Å². The van der Waals surface area contributed by atoms with Gasteiger partial charge in [0.2, 0.25) is 5.91 Å². The number of likely N-dealkylation sites (tertiary alicyclic amines) is 1. The number of pyridine rings is 1. The minimum Gasteiger partial charge on any atom is -0.345 e. The first-order chi connectivity index (χ1) is 17.6. The summed E-state index contributed by atoms with van der Waals surface area (Å²) in [7, 11) is 0.